The number of anilines is 1. The number of halogens is 1. The minimum absolute atomic E-state index is 0.0389. The minimum Gasteiger partial charge on any atom is -0.497 e. The molecule has 31 heavy (non-hydrogen) atoms. The van der Waals surface area contributed by atoms with E-state index in [-0.39, 0.29) is 5.57 Å². The summed E-state index contributed by atoms with van der Waals surface area (Å²) >= 11 is 5.93. The first-order valence-corrected chi connectivity index (χ1v) is 9.91. The Kier molecular flexibility index (Phi) is 7.31. The molecule has 5 nitrogen and oxygen atoms in total. The topological polar surface area (TPSA) is 71.3 Å². The molecule has 0 unspecified atom stereocenters. The molecule has 3 aromatic rings. The van der Waals surface area contributed by atoms with Crippen molar-refractivity contribution >= 4 is 29.3 Å². The van der Waals surface area contributed by atoms with Crippen LogP contribution in [0.15, 0.2) is 72.3 Å². The van der Waals surface area contributed by atoms with Crippen LogP contribution in [0.2, 0.25) is 5.02 Å². The molecule has 1 amide bonds. The van der Waals surface area contributed by atoms with E-state index in [1.807, 2.05) is 43.3 Å². The number of amides is 1. The van der Waals surface area contributed by atoms with Gasteiger partial charge in [-0.15, -0.1) is 0 Å². The van der Waals surface area contributed by atoms with Crippen molar-refractivity contribution in [3.63, 3.8) is 0 Å². The van der Waals surface area contributed by atoms with Gasteiger partial charge in [-0.2, -0.15) is 5.26 Å². The van der Waals surface area contributed by atoms with E-state index in [0.717, 1.165) is 11.1 Å². The van der Waals surface area contributed by atoms with Crippen molar-refractivity contribution in [1.82, 2.24) is 0 Å². The van der Waals surface area contributed by atoms with Gasteiger partial charge in [0.15, 0.2) is 0 Å². The Hall–Kier alpha value is -3.75. The second-order valence-corrected chi connectivity index (χ2v) is 7.25. The largest absolute Gasteiger partial charge is 0.497 e. The molecular formula is C25H21ClN2O3. The summed E-state index contributed by atoms with van der Waals surface area (Å²) in [5, 5.41) is 13.0. The number of carbonyl (C=O) groups is 1. The molecule has 0 aromatic heterocycles. The summed E-state index contributed by atoms with van der Waals surface area (Å²) in [5.41, 5.74) is 3.11. The first kappa shape index (κ1) is 21.9. The standard InChI is InChI=1S/C25H21ClN2O3/c1-17-4-3-5-22(12-17)28-25(29)20(15-27)13-19-8-11-23(30-2)14-24(19)31-16-18-6-9-21(26)10-7-18/h3-14H,16H2,1-2H3,(H,28,29)/b20-13+. The lowest BCUT2D eigenvalue weighted by molar-refractivity contribution is -0.112. The zero-order valence-electron chi connectivity index (χ0n) is 17.2. The van der Waals surface area contributed by atoms with Gasteiger partial charge in [-0.05, 0) is 60.5 Å². The molecule has 0 saturated heterocycles. The summed E-state index contributed by atoms with van der Waals surface area (Å²) < 4.78 is 11.2. The molecule has 0 spiro atoms. The van der Waals surface area contributed by atoms with Crippen molar-refractivity contribution in [1.29, 1.82) is 5.26 Å². The van der Waals surface area contributed by atoms with Crippen LogP contribution in [0.25, 0.3) is 6.08 Å². The Bertz CT molecular complexity index is 1150. The molecule has 0 fully saturated rings. The first-order chi connectivity index (χ1) is 15.0. The fourth-order valence-corrected chi connectivity index (χ4v) is 2.98. The summed E-state index contributed by atoms with van der Waals surface area (Å²) in [6, 6.07) is 21.9. The number of aryl methyl sites for hydroxylation is 1. The van der Waals surface area contributed by atoms with Gasteiger partial charge in [0.05, 0.1) is 7.11 Å². The van der Waals surface area contributed by atoms with Crippen LogP contribution < -0.4 is 14.8 Å². The van der Waals surface area contributed by atoms with Gasteiger partial charge in [-0.1, -0.05) is 35.9 Å². The molecule has 0 aliphatic rings. The highest BCUT2D eigenvalue weighted by Gasteiger charge is 2.12. The first-order valence-electron chi connectivity index (χ1n) is 9.53. The summed E-state index contributed by atoms with van der Waals surface area (Å²) in [7, 11) is 1.56. The van der Waals surface area contributed by atoms with E-state index >= 15 is 0 Å². The van der Waals surface area contributed by atoms with E-state index in [0.29, 0.717) is 34.4 Å². The van der Waals surface area contributed by atoms with Crippen LogP contribution in [0.5, 0.6) is 11.5 Å². The predicted octanol–water partition coefficient (Wildman–Crippen LogP) is 5.78. The monoisotopic (exact) mass is 432 g/mol. The second-order valence-electron chi connectivity index (χ2n) is 6.81. The summed E-state index contributed by atoms with van der Waals surface area (Å²) in [5.74, 6) is 0.601. The highest BCUT2D eigenvalue weighted by molar-refractivity contribution is 6.30. The maximum atomic E-state index is 12.6. The van der Waals surface area contributed by atoms with Crippen LogP contribution in [0.1, 0.15) is 16.7 Å². The molecular weight excluding hydrogens is 412 g/mol. The van der Waals surface area contributed by atoms with Crippen molar-refractivity contribution in [2.75, 3.05) is 12.4 Å². The van der Waals surface area contributed by atoms with E-state index in [1.54, 1.807) is 43.5 Å². The molecule has 0 aliphatic carbocycles. The lowest BCUT2D eigenvalue weighted by atomic mass is 10.1. The Morgan fingerprint density at radius 3 is 2.58 bits per heavy atom. The SMILES string of the molecule is COc1ccc(/C=C(\C#N)C(=O)Nc2cccc(C)c2)c(OCc2ccc(Cl)cc2)c1. The lowest BCUT2D eigenvalue weighted by Gasteiger charge is -2.12. The number of hydrogen-bond acceptors (Lipinski definition) is 4. The maximum absolute atomic E-state index is 12.6. The number of carbonyl (C=O) groups excluding carboxylic acids is 1. The predicted molar refractivity (Wildman–Crippen MR) is 122 cm³/mol. The van der Waals surface area contributed by atoms with Crippen molar-refractivity contribution in [3.8, 4) is 17.6 Å². The average Bonchev–Trinajstić information content (AvgIpc) is 2.77. The molecule has 0 radical (unpaired) electrons. The number of nitrogens with one attached hydrogen (secondary N) is 1. The van der Waals surface area contributed by atoms with Gasteiger partial charge >= 0.3 is 0 Å². The third-order valence-electron chi connectivity index (χ3n) is 4.47. The van der Waals surface area contributed by atoms with E-state index in [2.05, 4.69) is 5.32 Å². The normalized spacial score (nSPS) is 10.8. The van der Waals surface area contributed by atoms with Gasteiger partial charge in [0.2, 0.25) is 0 Å². The smallest absolute Gasteiger partial charge is 0.266 e. The summed E-state index contributed by atoms with van der Waals surface area (Å²) in [4.78, 5) is 12.6. The average molecular weight is 433 g/mol. The van der Waals surface area contributed by atoms with E-state index < -0.39 is 5.91 Å². The molecule has 0 atom stereocenters. The lowest BCUT2D eigenvalue weighted by Crippen LogP contribution is -2.13. The van der Waals surface area contributed by atoms with E-state index in [9.17, 15) is 10.1 Å². The molecule has 6 heteroatoms. The van der Waals surface area contributed by atoms with Gasteiger partial charge in [-0.25, -0.2) is 0 Å². The molecule has 3 aromatic carbocycles. The summed E-state index contributed by atoms with van der Waals surface area (Å²) in [6.45, 7) is 2.22. The number of ether oxygens (including phenoxy) is 2. The van der Waals surface area contributed by atoms with Crippen LogP contribution in [0.4, 0.5) is 5.69 Å². The maximum Gasteiger partial charge on any atom is 0.266 e. The Labute approximate surface area is 186 Å². The van der Waals surface area contributed by atoms with Crippen molar-refractivity contribution in [2.45, 2.75) is 13.5 Å². The Morgan fingerprint density at radius 2 is 1.90 bits per heavy atom. The van der Waals surface area contributed by atoms with E-state index in [1.165, 1.54) is 6.08 Å². The number of nitriles is 1. The molecule has 156 valence electrons. The van der Waals surface area contributed by atoms with Gasteiger partial charge in [0.25, 0.3) is 5.91 Å². The highest BCUT2D eigenvalue weighted by Crippen LogP contribution is 2.28. The van der Waals surface area contributed by atoms with Crippen molar-refractivity contribution in [2.24, 2.45) is 0 Å². The summed E-state index contributed by atoms with van der Waals surface area (Å²) in [6.07, 6.45) is 1.50. The fourth-order valence-electron chi connectivity index (χ4n) is 2.85. The number of rotatable bonds is 7. The molecule has 0 saturated carbocycles. The number of benzene rings is 3. The van der Waals surface area contributed by atoms with Crippen LogP contribution in [-0.2, 0) is 11.4 Å². The molecule has 0 heterocycles. The van der Waals surface area contributed by atoms with Gasteiger partial charge in [0, 0.05) is 22.3 Å². The molecule has 3 rings (SSSR count). The third kappa shape index (κ3) is 6.11. The van der Waals surface area contributed by atoms with Crippen molar-refractivity contribution < 1.29 is 14.3 Å². The van der Waals surface area contributed by atoms with Crippen LogP contribution >= 0.6 is 11.6 Å². The van der Waals surface area contributed by atoms with Crippen LogP contribution in [0.3, 0.4) is 0 Å². The molecule has 1 N–H and O–H groups in total. The fraction of sp³-hybridized carbons (Fsp3) is 0.120. The second kappa shape index (κ2) is 10.3. The minimum atomic E-state index is -0.493. The van der Waals surface area contributed by atoms with Gasteiger partial charge in [-0.3, -0.25) is 4.79 Å². The van der Waals surface area contributed by atoms with Crippen molar-refractivity contribution in [3.05, 3.63) is 94.0 Å². The Balaban J connectivity index is 1.85. The van der Waals surface area contributed by atoms with Crippen LogP contribution in [-0.4, -0.2) is 13.0 Å². The number of methoxy groups -OCH3 is 1. The molecule has 0 aliphatic heterocycles. The third-order valence-corrected chi connectivity index (χ3v) is 4.72. The Morgan fingerprint density at radius 1 is 1.13 bits per heavy atom. The van der Waals surface area contributed by atoms with Crippen LogP contribution in [0, 0.1) is 18.3 Å². The van der Waals surface area contributed by atoms with Gasteiger partial charge < -0.3 is 14.8 Å². The number of hydrogen-bond donors (Lipinski definition) is 1. The van der Waals surface area contributed by atoms with Gasteiger partial charge in [0.1, 0.15) is 29.7 Å². The van der Waals surface area contributed by atoms with E-state index in [4.69, 9.17) is 21.1 Å². The number of nitrogens with zero attached hydrogens (tertiary/aromatic N) is 1. The molecule has 0 bridgehead atoms. The zero-order valence-corrected chi connectivity index (χ0v) is 17.9. The zero-order chi connectivity index (χ0) is 22.2. The highest BCUT2D eigenvalue weighted by atomic mass is 35.5. The quantitative estimate of drug-likeness (QED) is 0.379.